The monoisotopic (exact) mass is 366 g/mol. The first-order valence-corrected chi connectivity index (χ1v) is 10.0. The molecule has 144 valence electrons. The molecule has 1 heterocycles. The third-order valence-corrected chi connectivity index (χ3v) is 5.21. The van der Waals surface area contributed by atoms with Crippen LogP contribution in [0.1, 0.15) is 43.4 Å². The van der Waals surface area contributed by atoms with Crippen molar-refractivity contribution in [3.05, 3.63) is 65.2 Å². The normalized spacial score (nSPS) is 16.3. The predicted octanol–water partition coefficient (Wildman–Crippen LogP) is 5.02. The van der Waals surface area contributed by atoms with Gasteiger partial charge in [0, 0.05) is 25.4 Å². The van der Waals surface area contributed by atoms with E-state index in [0.717, 1.165) is 38.0 Å². The fourth-order valence-electron chi connectivity index (χ4n) is 3.54. The van der Waals surface area contributed by atoms with Crippen molar-refractivity contribution in [1.82, 2.24) is 4.90 Å². The van der Waals surface area contributed by atoms with Crippen LogP contribution in [-0.2, 0) is 24.1 Å². The van der Waals surface area contributed by atoms with Gasteiger partial charge in [0.2, 0.25) is 0 Å². The van der Waals surface area contributed by atoms with E-state index in [1.54, 1.807) is 0 Å². The lowest BCUT2D eigenvalue weighted by atomic mass is 10.0. The SMILES string of the molecule is CCc1ccc(NC(=O)N(Cc2ccccc2CC)C[C@@H]2CCCO2)cc1. The molecule has 4 heteroatoms. The molecule has 27 heavy (non-hydrogen) atoms. The van der Waals surface area contributed by atoms with Crippen molar-refractivity contribution in [2.24, 2.45) is 0 Å². The van der Waals surface area contributed by atoms with Gasteiger partial charge in [-0.15, -0.1) is 0 Å². The van der Waals surface area contributed by atoms with E-state index in [4.69, 9.17) is 4.74 Å². The van der Waals surface area contributed by atoms with Crippen LogP contribution in [0.15, 0.2) is 48.5 Å². The summed E-state index contributed by atoms with van der Waals surface area (Å²) in [5.41, 5.74) is 4.59. The van der Waals surface area contributed by atoms with Crippen molar-refractivity contribution in [2.45, 2.75) is 52.2 Å². The van der Waals surface area contributed by atoms with Crippen LogP contribution in [-0.4, -0.2) is 30.2 Å². The van der Waals surface area contributed by atoms with Crippen molar-refractivity contribution in [1.29, 1.82) is 0 Å². The first-order valence-electron chi connectivity index (χ1n) is 10.0. The number of rotatable bonds is 7. The van der Waals surface area contributed by atoms with Crippen LogP contribution in [0.2, 0.25) is 0 Å². The van der Waals surface area contributed by atoms with Gasteiger partial charge in [0.1, 0.15) is 0 Å². The van der Waals surface area contributed by atoms with Gasteiger partial charge in [-0.1, -0.05) is 50.2 Å². The Bertz CT molecular complexity index is 736. The Kier molecular flexibility index (Phi) is 6.88. The molecule has 4 nitrogen and oxygen atoms in total. The van der Waals surface area contributed by atoms with Crippen molar-refractivity contribution >= 4 is 11.7 Å². The number of urea groups is 1. The molecule has 0 saturated carbocycles. The Morgan fingerprint density at radius 1 is 1.07 bits per heavy atom. The molecular weight excluding hydrogens is 336 g/mol. The standard InChI is InChI=1S/C23H30N2O2/c1-3-18-11-13-21(14-12-18)24-23(26)25(17-22-10-7-15-27-22)16-20-9-6-5-8-19(20)4-2/h5-6,8-9,11-14,22H,3-4,7,10,15-17H2,1-2H3,(H,24,26)/t22-/m0/s1. The summed E-state index contributed by atoms with van der Waals surface area (Å²) in [6.45, 7) is 6.30. The number of aryl methyl sites for hydroxylation is 2. The van der Waals surface area contributed by atoms with Crippen LogP contribution in [0.25, 0.3) is 0 Å². The summed E-state index contributed by atoms with van der Waals surface area (Å²) in [6.07, 6.45) is 4.18. The Labute approximate surface area is 162 Å². The number of carbonyl (C=O) groups is 1. The smallest absolute Gasteiger partial charge is 0.322 e. The van der Waals surface area contributed by atoms with Crippen LogP contribution in [0.5, 0.6) is 0 Å². The van der Waals surface area contributed by atoms with Gasteiger partial charge in [0.25, 0.3) is 0 Å². The Morgan fingerprint density at radius 2 is 1.81 bits per heavy atom. The van der Waals surface area contributed by atoms with Crippen LogP contribution in [0, 0.1) is 0 Å². The van der Waals surface area contributed by atoms with Gasteiger partial charge in [0.15, 0.2) is 0 Å². The molecule has 1 saturated heterocycles. The summed E-state index contributed by atoms with van der Waals surface area (Å²) in [4.78, 5) is 14.9. The molecule has 0 bridgehead atoms. The lowest BCUT2D eigenvalue weighted by Gasteiger charge is -2.27. The molecule has 2 aromatic rings. The summed E-state index contributed by atoms with van der Waals surface area (Å²) >= 11 is 0. The molecule has 1 fully saturated rings. The van der Waals surface area contributed by atoms with Crippen LogP contribution in [0.3, 0.4) is 0 Å². The Morgan fingerprint density at radius 3 is 2.44 bits per heavy atom. The quantitative estimate of drug-likeness (QED) is 0.747. The molecule has 0 aromatic heterocycles. The number of nitrogens with zero attached hydrogens (tertiary/aromatic N) is 1. The zero-order chi connectivity index (χ0) is 19.1. The molecule has 2 aromatic carbocycles. The highest BCUT2D eigenvalue weighted by atomic mass is 16.5. The first-order chi connectivity index (χ1) is 13.2. The maximum Gasteiger partial charge on any atom is 0.322 e. The van der Waals surface area contributed by atoms with Gasteiger partial charge in [-0.25, -0.2) is 4.79 Å². The van der Waals surface area contributed by atoms with E-state index in [2.05, 4.69) is 49.5 Å². The van der Waals surface area contributed by atoms with E-state index in [9.17, 15) is 4.79 Å². The third kappa shape index (κ3) is 5.33. The van der Waals surface area contributed by atoms with Crippen LogP contribution >= 0.6 is 0 Å². The van der Waals surface area contributed by atoms with Gasteiger partial charge in [-0.05, 0) is 54.5 Å². The van der Waals surface area contributed by atoms with E-state index < -0.39 is 0 Å². The first kappa shape index (κ1) is 19.4. The maximum absolute atomic E-state index is 13.0. The van der Waals surface area contributed by atoms with Crippen molar-refractivity contribution in [2.75, 3.05) is 18.5 Å². The molecule has 1 aliphatic heterocycles. The Hall–Kier alpha value is -2.33. The number of carbonyl (C=O) groups excluding carboxylic acids is 1. The minimum atomic E-state index is -0.0688. The molecule has 2 amide bonds. The summed E-state index contributed by atoms with van der Waals surface area (Å²) in [7, 11) is 0. The van der Waals surface area contributed by atoms with E-state index >= 15 is 0 Å². The molecule has 1 atom stereocenters. The van der Waals surface area contributed by atoms with E-state index in [-0.39, 0.29) is 12.1 Å². The number of hydrogen-bond acceptors (Lipinski definition) is 2. The van der Waals surface area contributed by atoms with Crippen molar-refractivity contribution in [3.63, 3.8) is 0 Å². The zero-order valence-corrected chi connectivity index (χ0v) is 16.4. The van der Waals surface area contributed by atoms with Crippen LogP contribution < -0.4 is 5.32 Å². The molecule has 0 radical (unpaired) electrons. The second-order valence-electron chi connectivity index (χ2n) is 7.12. The fraction of sp³-hybridized carbons (Fsp3) is 0.435. The summed E-state index contributed by atoms with van der Waals surface area (Å²) in [5.74, 6) is 0. The highest BCUT2D eigenvalue weighted by Gasteiger charge is 2.23. The number of ether oxygens (including phenoxy) is 1. The zero-order valence-electron chi connectivity index (χ0n) is 16.4. The van der Waals surface area contributed by atoms with Crippen molar-refractivity contribution < 1.29 is 9.53 Å². The van der Waals surface area contributed by atoms with Gasteiger partial charge < -0.3 is 15.0 Å². The highest BCUT2D eigenvalue weighted by Crippen LogP contribution is 2.19. The van der Waals surface area contributed by atoms with Gasteiger partial charge >= 0.3 is 6.03 Å². The fourth-order valence-corrected chi connectivity index (χ4v) is 3.54. The third-order valence-electron chi connectivity index (χ3n) is 5.21. The number of hydrogen-bond donors (Lipinski definition) is 1. The summed E-state index contributed by atoms with van der Waals surface area (Å²) < 4.78 is 5.79. The number of amides is 2. The topological polar surface area (TPSA) is 41.6 Å². The molecule has 1 aliphatic rings. The van der Waals surface area contributed by atoms with E-state index in [1.807, 2.05) is 23.1 Å². The average Bonchev–Trinajstić information content (AvgIpc) is 3.21. The molecule has 1 N–H and O–H groups in total. The highest BCUT2D eigenvalue weighted by molar-refractivity contribution is 5.89. The minimum Gasteiger partial charge on any atom is -0.376 e. The maximum atomic E-state index is 13.0. The van der Waals surface area contributed by atoms with Gasteiger partial charge in [-0.2, -0.15) is 0 Å². The largest absolute Gasteiger partial charge is 0.376 e. The predicted molar refractivity (Wildman–Crippen MR) is 110 cm³/mol. The average molecular weight is 367 g/mol. The number of nitrogens with one attached hydrogen (secondary N) is 1. The van der Waals surface area contributed by atoms with E-state index in [1.165, 1.54) is 16.7 Å². The summed E-state index contributed by atoms with van der Waals surface area (Å²) in [5, 5.41) is 3.06. The van der Waals surface area contributed by atoms with Gasteiger partial charge in [0.05, 0.1) is 6.10 Å². The number of anilines is 1. The number of benzene rings is 2. The molecule has 0 unspecified atom stereocenters. The van der Waals surface area contributed by atoms with Gasteiger partial charge in [-0.3, -0.25) is 0 Å². The Balaban J connectivity index is 1.74. The van der Waals surface area contributed by atoms with E-state index in [0.29, 0.717) is 13.1 Å². The van der Waals surface area contributed by atoms with Crippen molar-refractivity contribution in [3.8, 4) is 0 Å². The second-order valence-corrected chi connectivity index (χ2v) is 7.12. The molecular formula is C23H30N2O2. The van der Waals surface area contributed by atoms with Crippen LogP contribution in [0.4, 0.5) is 10.5 Å². The minimum absolute atomic E-state index is 0.0688. The second kappa shape index (κ2) is 9.56. The molecule has 3 rings (SSSR count). The molecule has 0 aliphatic carbocycles. The molecule has 0 spiro atoms. The lowest BCUT2D eigenvalue weighted by molar-refractivity contribution is 0.0818. The summed E-state index contributed by atoms with van der Waals surface area (Å²) in [6, 6.07) is 16.4. The lowest BCUT2D eigenvalue weighted by Crippen LogP contribution is -2.39.